The van der Waals surface area contributed by atoms with E-state index in [9.17, 15) is 13.6 Å². The van der Waals surface area contributed by atoms with Crippen molar-refractivity contribution < 1.29 is 13.6 Å². The molecule has 0 saturated carbocycles. The highest BCUT2D eigenvalue weighted by Crippen LogP contribution is 2.39. The normalized spacial score (nSPS) is 14.5. The summed E-state index contributed by atoms with van der Waals surface area (Å²) in [6.07, 6.45) is 1.94. The Hall–Kier alpha value is -4.43. The van der Waals surface area contributed by atoms with E-state index in [-0.39, 0.29) is 12.2 Å². The summed E-state index contributed by atoms with van der Waals surface area (Å²) < 4.78 is 31.9. The number of nitrogens with zero attached hydrogens (tertiary/aromatic N) is 4. The Morgan fingerprint density at radius 1 is 1.00 bits per heavy atom. The molecule has 2 aromatic heterocycles. The van der Waals surface area contributed by atoms with Gasteiger partial charge in [0.2, 0.25) is 0 Å². The van der Waals surface area contributed by atoms with Crippen LogP contribution in [0.1, 0.15) is 28.6 Å². The average molecular weight is 530 g/mol. The van der Waals surface area contributed by atoms with Crippen LogP contribution in [0.3, 0.4) is 0 Å². The van der Waals surface area contributed by atoms with Gasteiger partial charge in [-0.1, -0.05) is 41.9 Å². The molecule has 5 aromatic rings. The molecule has 0 aliphatic carbocycles. The SMILES string of the molecule is Cc1nn(-c2ccccc2)c2c1CN(C(=O)Nc1ccc(F)cc1F)C(c1cccc(Cl)c1)c1cccn1-2. The number of rotatable bonds is 3. The molecular weight excluding hydrogens is 508 g/mol. The molecule has 3 heterocycles. The molecule has 6 rings (SSSR count). The first-order chi connectivity index (χ1) is 18.4. The second-order valence-corrected chi connectivity index (χ2v) is 9.51. The summed E-state index contributed by atoms with van der Waals surface area (Å²) in [5, 5.41) is 7.97. The van der Waals surface area contributed by atoms with E-state index >= 15 is 0 Å². The molecule has 0 saturated heterocycles. The number of hydrogen-bond donors (Lipinski definition) is 1. The fourth-order valence-corrected chi connectivity index (χ4v) is 5.15. The number of amides is 2. The fourth-order valence-electron chi connectivity index (χ4n) is 4.95. The maximum absolute atomic E-state index is 14.5. The minimum Gasteiger partial charge on any atom is -0.307 e. The highest BCUT2D eigenvalue weighted by Gasteiger charge is 2.36. The molecule has 1 aliphatic rings. The van der Waals surface area contributed by atoms with E-state index in [1.807, 2.05) is 83.0 Å². The van der Waals surface area contributed by atoms with Crippen LogP contribution in [0.2, 0.25) is 5.02 Å². The Morgan fingerprint density at radius 2 is 1.82 bits per heavy atom. The van der Waals surface area contributed by atoms with Crippen LogP contribution in [0.25, 0.3) is 11.5 Å². The number of urea groups is 1. The van der Waals surface area contributed by atoms with Crippen molar-refractivity contribution in [2.75, 3.05) is 5.32 Å². The number of para-hydroxylation sites is 1. The monoisotopic (exact) mass is 529 g/mol. The Balaban J connectivity index is 1.54. The van der Waals surface area contributed by atoms with Gasteiger partial charge in [-0.2, -0.15) is 5.10 Å². The molecule has 0 spiro atoms. The third-order valence-electron chi connectivity index (χ3n) is 6.68. The van der Waals surface area contributed by atoms with E-state index < -0.39 is 23.7 Å². The van der Waals surface area contributed by atoms with Gasteiger partial charge in [0.1, 0.15) is 17.5 Å². The average Bonchev–Trinajstić information content (AvgIpc) is 3.46. The number of nitrogens with one attached hydrogen (secondary N) is 1. The van der Waals surface area contributed by atoms with Gasteiger partial charge in [-0.05, 0) is 61.0 Å². The third-order valence-corrected chi connectivity index (χ3v) is 6.92. The van der Waals surface area contributed by atoms with Crippen molar-refractivity contribution in [3.63, 3.8) is 0 Å². The van der Waals surface area contributed by atoms with Gasteiger partial charge in [0.05, 0.1) is 35.3 Å². The predicted molar refractivity (Wildman–Crippen MR) is 142 cm³/mol. The van der Waals surface area contributed by atoms with E-state index in [1.54, 1.807) is 11.0 Å². The first-order valence-corrected chi connectivity index (χ1v) is 12.4. The molecule has 3 aromatic carbocycles. The highest BCUT2D eigenvalue weighted by atomic mass is 35.5. The van der Waals surface area contributed by atoms with Crippen molar-refractivity contribution in [3.05, 3.63) is 130 Å². The van der Waals surface area contributed by atoms with Crippen molar-refractivity contribution in [1.82, 2.24) is 19.2 Å². The lowest BCUT2D eigenvalue weighted by Gasteiger charge is -2.31. The van der Waals surface area contributed by atoms with Crippen molar-refractivity contribution in [3.8, 4) is 11.5 Å². The minimum absolute atomic E-state index is 0.113. The van der Waals surface area contributed by atoms with Crippen LogP contribution < -0.4 is 5.32 Å². The summed E-state index contributed by atoms with van der Waals surface area (Å²) in [7, 11) is 0. The fraction of sp³-hybridized carbons (Fsp3) is 0.103. The van der Waals surface area contributed by atoms with Crippen LogP contribution in [0.4, 0.5) is 19.3 Å². The molecule has 0 radical (unpaired) electrons. The summed E-state index contributed by atoms with van der Waals surface area (Å²) in [5.74, 6) is -0.771. The maximum atomic E-state index is 14.5. The van der Waals surface area contributed by atoms with Crippen LogP contribution in [-0.2, 0) is 6.54 Å². The molecule has 1 aliphatic heterocycles. The number of aromatic nitrogens is 3. The van der Waals surface area contributed by atoms with Crippen molar-refractivity contribution >= 4 is 23.3 Å². The lowest BCUT2D eigenvalue weighted by Crippen LogP contribution is -2.38. The highest BCUT2D eigenvalue weighted by molar-refractivity contribution is 6.30. The topological polar surface area (TPSA) is 55.1 Å². The van der Waals surface area contributed by atoms with Gasteiger partial charge < -0.3 is 14.8 Å². The quantitative estimate of drug-likeness (QED) is 0.272. The first-order valence-electron chi connectivity index (χ1n) is 12.0. The summed E-state index contributed by atoms with van der Waals surface area (Å²) in [6, 6.07) is 22.9. The van der Waals surface area contributed by atoms with Crippen LogP contribution in [0.15, 0.2) is 91.1 Å². The van der Waals surface area contributed by atoms with Crippen LogP contribution in [0.5, 0.6) is 0 Å². The number of benzene rings is 3. The first kappa shape index (κ1) is 23.9. The van der Waals surface area contributed by atoms with E-state index in [0.29, 0.717) is 5.02 Å². The molecule has 0 bridgehead atoms. The molecule has 190 valence electrons. The van der Waals surface area contributed by atoms with Gasteiger partial charge in [0.15, 0.2) is 0 Å². The van der Waals surface area contributed by atoms with Crippen LogP contribution >= 0.6 is 11.6 Å². The summed E-state index contributed by atoms with van der Waals surface area (Å²) in [4.78, 5) is 15.5. The van der Waals surface area contributed by atoms with Crippen molar-refractivity contribution in [2.45, 2.75) is 19.5 Å². The number of hydrogen-bond acceptors (Lipinski definition) is 2. The van der Waals surface area contributed by atoms with Crippen LogP contribution in [-0.4, -0.2) is 25.3 Å². The second-order valence-electron chi connectivity index (χ2n) is 9.08. The van der Waals surface area contributed by atoms with Gasteiger partial charge in [0, 0.05) is 22.8 Å². The Labute approximate surface area is 222 Å². The molecule has 1 unspecified atom stereocenters. The smallest absolute Gasteiger partial charge is 0.307 e. The number of aryl methyl sites for hydroxylation is 1. The van der Waals surface area contributed by atoms with E-state index in [0.717, 1.165) is 46.2 Å². The minimum atomic E-state index is -0.857. The van der Waals surface area contributed by atoms with E-state index in [2.05, 4.69) is 5.32 Å². The second kappa shape index (κ2) is 9.46. The maximum Gasteiger partial charge on any atom is 0.323 e. The van der Waals surface area contributed by atoms with Gasteiger partial charge in [-0.25, -0.2) is 18.3 Å². The standard InChI is InChI=1S/C29H22ClF2N5O/c1-18-23-17-36(29(38)33-25-13-12-21(31)16-24(25)32)27(19-7-5-8-20(30)15-19)26-11-6-14-35(26)28(23)37(34-18)22-9-3-2-4-10-22/h2-16,27H,17H2,1H3,(H,33,38). The third kappa shape index (κ3) is 4.13. The van der Waals surface area contributed by atoms with Gasteiger partial charge >= 0.3 is 6.03 Å². The van der Waals surface area contributed by atoms with Gasteiger partial charge in [-0.15, -0.1) is 0 Å². The largest absolute Gasteiger partial charge is 0.323 e. The van der Waals surface area contributed by atoms with Gasteiger partial charge in [-0.3, -0.25) is 0 Å². The molecular formula is C29H22ClF2N5O. The number of halogens is 3. The summed E-state index contributed by atoms with van der Waals surface area (Å²) >= 11 is 6.37. The predicted octanol–water partition coefficient (Wildman–Crippen LogP) is 7.04. The number of carbonyl (C=O) groups is 1. The molecule has 0 fully saturated rings. The molecule has 6 nitrogen and oxygen atoms in total. The molecule has 38 heavy (non-hydrogen) atoms. The Bertz CT molecular complexity index is 1660. The molecule has 9 heteroatoms. The molecule has 1 atom stereocenters. The summed E-state index contributed by atoms with van der Waals surface area (Å²) in [6.45, 7) is 2.08. The van der Waals surface area contributed by atoms with E-state index in [4.69, 9.17) is 16.7 Å². The number of fused-ring (bicyclic) bond motifs is 3. The zero-order chi connectivity index (χ0) is 26.4. The lowest BCUT2D eigenvalue weighted by molar-refractivity contribution is 0.194. The molecule has 2 amide bonds. The Kier molecular flexibility index (Phi) is 5.96. The lowest BCUT2D eigenvalue weighted by atomic mass is 10.0. The zero-order valence-electron chi connectivity index (χ0n) is 20.3. The Morgan fingerprint density at radius 3 is 2.58 bits per heavy atom. The number of carbonyl (C=O) groups excluding carboxylic acids is 1. The van der Waals surface area contributed by atoms with E-state index in [1.165, 1.54) is 6.07 Å². The van der Waals surface area contributed by atoms with Crippen LogP contribution in [0, 0.1) is 18.6 Å². The number of anilines is 1. The van der Waals surface area contributed by atoms with Gasteiger partial charge in [0.25, 0.3) is 0 Å². The zero-order valence-corrected chi connectivity index (χ0v) is 21.0. The van der Waals surface area contributed by atoms with Crippen molar-refractivity contribution in [2.24, 2.45) is 0 Å². The summed E-state index contributed by atoms with van der Waals surface area (Å²) in [5.41, 5.74) is 3.94. The molecule has 1 N–H and O–H groups in total. The van der Waals surface area contributed by atoms with Crippen molar-refractivity contribution in [1.29, 1.82) is 0 Å².